The van der Waals surface area contributed by atoms with Crippen molar-refractivity contribution < 1.29 is 0 Å². The highest BCUT2D eigenvalue weighted by Gasteiger charge is 2.59. The molecule has 0 N–H and O–H groups in total. The lowest BCUT2D eigenvalue weighted by Crippen LogP contribution is -1.92. The number of hydrogen-bond acceptors (Lipinski definition) is 1. The molecule has 0 bridgehead atoms. The van der Waals surface area contributed by atoms with E-state index >= 15 is 0 Å². The van der Waals surface area contributed by atoms with E-state index in [-0.39, 0.29) is 11.3 Å². The minimum Gasteiger partial charge on any atom is -0.198 e. The molecule has 2 atom stereocenters. The van der Waals surface area contributed by atoms with Gasteiger partial charge in [-0.2, -0.15) is 5.26 Å². The molecule has 2 rings (SSSR count). The van der Waals surface area contributed by atoms with E-state index in [0.717, 1.165) is 0 Å². The third-order valence-electron chi connectivity index (χ3n) is 3.49. The Kier molecular flexibility index (Phi) is 1.89. The topological polar surface area (TPSA) is 23.8 Å². The van der Waals surface area contributed by atoms with E-state index in [2.05, 4.69) is 51.1 Å². The molecule has 1 aromatic rings. The highest BCUT2D eigenvalue weighted by molar-refractivity contribution is 5.40. The van der Waals surface area contributed by atoms with Crippen molar-refractivity contribution in [3.05, 3.63) is 35.4 Å². The molecule has 1 fully saturated rings. The Labute approximate surface area is 85.4 Å². The third-order valence-corrected chi connectivity index (χ3v) is 3.49. The maximum Gasteiger partial charge on any atom is 0.0668 e. The summed E-state index contributed by atoms with van der Waals surface area (Å²) >= 11 is 0. The molecule has 0 heterocycles. The van der Waals surface area contributed by atoms with Crippen molar-refractivity contribution in [3.63, 3.8) is 0 Å². The van der Waals surface area contributed by atoms with Gasteiger partial charge in [0.15, 0.2) is 0 Å². The maximum atomic E-state index is 9.01. The summed E-state index contributed by atoms with van der Waals surface area (Å²) in [6, 6.07) is 10.8. The van der Waals surface area contributed by atoms with Crippen LogP contribution in [0.1, 0.15) is 30.9 Å². The molecule has 0 radical (unpaired) electrons. The molecule has 1 aliphatic rings. The van der Waals surface area contributed by atoms with Crippen molar-refractivity contribution in [1.29, 1.82) is 5.26 Å². The Morgan fingerprint density at radius 1 is 1.29 bits per heavy atom. The second-order valence-electron chi connectivity index (χ2n) is 4.76. The summed E-state index contributed by atoms with van der Waals surface area (Å²) in [6.45, 7) is 6.48. The lowest BCUT2D eigenvalue weighted by Gasteiger charge is -2.05. The van der Waals surface area contributed by atoms with Crippen LogP contribution in [0.3, 0.4) is 0 Å². The van der Waals surface area contributed by atoms with Crippen LogP contribution < -0.4 is 0 Å². The molecule has 0 spiro atoms. The lowest BCUT2D eigenvalue weighted by atomic mass is 9.99. The Morgan fingerprint density at radius 3 is 2.43 bits per heavy atom. The van der Waals surface area contributed by atoms with Crippen LogP contribution in [-0.2, 0) is 0 Å². The average molecular weight is 185 g/mol. The van der Waals surface area contributed by atoms with Crippen LogP contribution in [0.5, 0.6) is 0 Å². The second-order valence-corrected chi connectivity index (χ2v) is 4.76. The van der Waals surface area contributed by atoms with Crippen molar-refractivity contribution >= 4 is 0 Å². The lowest BCUT2D eigenvalue weighted by molar-refractivity contribution is 0.596. The Morgan fingerprint density at radius 2 is 1.93 bits per heavy atom. The predicted octanol–water partition coefficient (Wildman–Crippen LogP) is 3.26. The van der Waals surface area contributed by atoms with Gasteiger partial charge in [-0.15, -0.1) is 0 Å². The van der Waals surface area contributed by atoms with Gasteiger partial charge in [0, 0.05) is 5.92 Å². The number of benzene rings is 1. The van der Waals surface area contributed by atoms with Gasteiger partial charge in [-0.05, 0) is 23.5 Å². The zero-order chi connectivity index (χ0) is 10.3. The predicted molar refractivity (Wildman–Crippen MR) is 56.8 cm³/mol. The van der Waals surface area contributed by atoms with Crippen LogP contribution in [0, 0.1) is 29.6 Å². The first-order valence-corrected chi connectivity index (χ1v) is 5.04. The largest absolute Gasteiger partial charge is 0.198 e. The summed E-state index contributed by atoms with van der Waals surface area (Å²) in [5.41, 5.74) is 2.83. The molecular weight excluding hydrogens is 170 g/mol. The van der Waals surface area contributed by atoms with Crippen molar-refractivity contribution in [3.8, 4) is 6.07 Å². The van der Waals surface area contributed by atoms with Gasteiger partial charge in [-0.25, -0.2) is 0 Å². The minimum absolute atomic E-state index is 0.168. The van der Waals surface area contributed by atoms with E-state index in [9.17, 15) is 0 Å². The molecule has 1 aromatic carbocycles. The van der Waals surface area contributed by atoms with Crippen LogP contribution in [0.25, 0.3) is 0 Å². The molecule has 1 heteroatoms. The zero-order valence-electron chi connectivity index (χ0n) is 8.91. The number of nitriles is 1. The molecule has 72 valence electrons. The number of nitrogens with zero attached hydrogens (tertiary/aromatic N) is 1. The van der Waals surface area contributed by atoms with Crippen LogP contribution in [0.2, 0.25) is 0 Å². The molecular formula is C13H15N. The monoisotopic (exact) mass is 185 g/mol. The molecule has 14 heavy (non-hydrogen) atoms. The minimum atomic E-state index is 0.168. The summed E-state index contributed by atoms with van der Waals surface area (Å²) in [7, 11) is 0. The molecule has 1 saturated carbocycles. The van der Waals surface area contributed by atoms with Crippen LogP contribution in [0.15, 0.2) is 24.3 Å². The second kappa shape index (κ2) is 2.85. The van der Waals surface area contributed by atoms with Gasteiger partial charge in [0.05, 0.1) is 12.0 Å². The fourth-order valence-electron chi connectivity index (χ4n) is 2.39. The molecule has 0 unspecified atom stereocenters. The maximum absolute atomic E-state index is 9.01. The quantitative estimate of drug-likeness (QED) is 0.658. The SMILES string of the molecule is Cc1ccccc1[C@H]1[C@H](C#N)C1(C)C. The van der Waals surface area contributed by atoms with Gasteiger partial charge in [0.1, 0.15) is 0 Å². The molecule has 0 amide bonds. The van der Waals surface area contributed by atoms with E-state index in [1.807, 2.05) is 0 Å². The van der Waals surface area contributed by atoms with Gasteiger partial charge in [0.2, 0.25) is 0 Å². The van der Waals surface area contributed by atoms with Gasteiger partial charge in [-0.3, -0.25) is 0 Å². The smallest absolute Gasteiger partial charge is 0.0668 e. The summed E-state index contributed by atoms with van der Waals surface area (Å²) < 4.78 is 0. The van der Waals surface area contributed by atoms with Gasteiger partial charge in [-0.1, -0.05) is 38.1 Å². The van der Waals surface area contributed by atoms with E-state index in [1.165, 1.54) is 11.1 Å². The highest BCUT2D eigenvalue weighted by atomic mass is 14.6. The molecule has 1 aliphatic carbocycles. The average Bonchev–Trinajstić information content (AvgIpc) is 2.69. The van der Waals surface area contributed by atoms with Crippen LogP contribution in [-0.4, -0.2) is 0 Å². The van der Waals surface area contributed by atoms with Gasteiger partial charge in [0.25, 0.3) is 0 Å². The first-order valence-electron chi connectivity index (χ1n) is 5.04. The van der Waals surface area contributed by atoms with Crippen LogP contribution >= 0.6 is 0 Å². The van der Waals surface area contributed by atoms with E-state index in [1.54, 1.807) is 0 Å². The normalized spacial score (nSPS) is 28.1. The standard InChI is InChI=1S/C13H15N/c1-9-6-4-5-7-10(9)12-11(8-14)13(12,2)3/h4-7,11-12H,1-3H3/t11-,12-/m0/s1. The first kappa shape index (κ1) is 9.27. The summed E-state index contributed by atoms with van der Waals surface area (Å²) in [4.78, 5) is 0. The molecule has 0 aromatic heterocycles. The molecule has 0 saturated heterocycles. The van der Waals surface area contributed by atoms with E-state index in [0.29, 0.717) is 5.92 Å². The van der Waals surface area contributed by atoms with Crippen molar-refractivity contribution in [2.24, 2.45) is 11.3 Å². The fourth-order valence-corrected chi connectivity index (χ4v) is 2.39. The van der Waals surface area contributed by atoms with Crippen molar-refractivity contribution in [2.75, 3.05) is 0 Å². The first-order chi connectivity index (χ1) is 6.59. The third kappa shape index (κ3) is 1.14. The Balaban J connectivity index is 2.37. The Hall–Kier alpha value is -1.29. The van der Waals surface area contributed by atoms with Gasteiger partial charge < -0.3 is 0 Å². The summed E-state index contributed by atoms with van der Waals surface area (Å²) in [6.07, 6.45) is 0. The van der Waals surface area contributed by atoms with E-state index in [4.69, 9.17) is 5.26 Å². The number of aryl methyl sites for hydroxylation is 1. The fraction of sp³-hybridized carbons (Fsp3) is 0.462. The molecule has 1 nitrogen and oxygen atoms in total. The highest BCUT2D eigenvalue weighted by Crippen LogP contribution is 2.64. The molecule has 0 aliphatic heterocycles. The number of rotatable bonds is 1. The van der Waals surface area contributed by atoms with Crippen molar-refractivity contribution in [2.45, 2.75) is 26.7 Å². The van der Waals surface area contributed by atoms with Gasteiger partial charge >= 0.3 is 0 Å². The number of hydrogen-bond donors (Lipinski definition) is 0. The Bertz CT molecular complexity index is 398. The summed E-state index contributed by atoms with van der Waals surface area (Å²) in [5, 5.41) is 9.01. The van der Waals surface area contributed by atoms with E-state index < -0.39 is 0 Å². The summed E-state index contributed by atoms with van der Waals surface area (Å²) in [5.74, 6) is 0.636. The zero-order valence-corrected chi connectivity index (χ0v) is 8.91. The van der Waals surface area contributed by atoms with Crippen LogP contribution in [0.4, 0.5) is 0 Å². The van der Waals surface area contributed by atoms with Crippen molar-refractivity contribution in [1.82, 2.24) is 0 Å².